The van der Waals surface area contributed by atoms with Gasteiger partial charge in [0.15, 0.2) is 0 Å². The number of carbonyl (C=O) groups is 1. The highest BCUT2D eigenvalue weighted by Crippen LogP contribution is 2.54. The summed E-state index contributed by atoms with van der Waals surface area (Å²) < 4.78 is 5.93. The van der Waals surface area contributed by atoms with Gasteiger partial charge >= 0.3 is 6.03 Å². The summed E-state index contributed by atoms with van der Waals surface area (Å²) >= 11 is 0. The number of nitrogens with zero attached hydrogens (tertiary/aromatic N) is 2. The minimum Gasteiger partial charge on any atom is -0.378 e. The Balaban J connectivity index is 1.62. The fourth-order valence-electron chi connectivity index (χ4n) is 4.36. The molecule has 1 aromatic heterocycles. The van der Waals surface area contributed by atoms with E-state index < -0.39 is 0 Å². The van der Waals surface area contributed by atoms with Gasteiger partial charge in [-0.25, -0.2) is 4.79 Å². The summed E-state index contributed by atoms with van der Waals surface area (Å²) in [6, 6.07) is 4.16. The smallest absolute Gasteiger partial charge is 0.317 e. The third kappa shape index (κ3) is 3.02. The summed E-state index contributed by atoms with van der Waals surface area (Å²) in [5.41, 5.74) is 1.22. The molecule has 2 saturated carbocycles. The Morgan fingerprint density at radius 3 is 2.88 bits per heavy atom. The second kappa shape index (κ2) is 7.09. The van der Waals surface area contributed by atoms with Crippen LogP contribution in [-0.2, 0) is 4.74 Å². The van der Waals surface area contributed by atoms with Crippen LogP contribution in [0.15, 0.2) is 24.5 Å². The predicted octanol–water partition coefficient (Wildman–Crippen LogP) is 3.52. The van der Waals surface area contributed by atoms with Gasteiger partial charge in [-0.2, -0.15) is 0 Å². The first-order valence-corrected chi connectivity index (χ1v) is 9.13. The Labute approximate surface area is 144 Å². The molecule has 0 bridgehead atoms. The fourth-order valence-corrected chi connectivity index (χ4v) is 4.36. The molecule has 3 atom stereocenters. The Morgan fingerprint density at radius 1 is 1.50 bits per heavy atom. The zero-order chi connectivity index (χ0) is 17.2. The number of urea groups is 1. The molecule has 1 heterocycles. The van der Waals surface area contributed by atoms with Gasteiger partial charge in [-0.05, 0) is 44.7 Å². The van der Waals surface area contributed by atoms with Gasteiger partial charge in [0.2, 0.25) is 0 Å². The molecule has 1 aromatic rings. The SMILES string of the molecule is CCOC1CC(NC(=O)N(C)C(C)c2cccnc2)C12CCCC2. The molecule has 1 spiro atoms. The van der Waals surface area contributed by atoms with Crippen LogP contribution in [0, 0.1) is 5.41 Å². The standard InChI is InChI=1S/C19H29N3O2/c1-4-24-17-12-16(19(17)9-5-6-10-19)21-18(23)22(3)14(2)15-8-7-11-20-13-15/h7-8,11,13-14,16-17H,4-6,9-10,12H2,1-3H3,(H,21,23). The van der Waals surface area contributed by atoms with Crippen LogP contribution < -0.4 is 5.32 Å². The summed E-state index contributed by atoms with van der Waals surface area (Å²) in [6.07, 6.45) is 9.67. The molecule has 24 heavy (non-hydrogen) atoms. The summed E-state index contributed by atoms with van der Waals surface area (Å²) in [5, 5.41) is 3.27. The van der Waals surface area contributed by atoms with Crippen molar-refractivity contribution in [1.82, 2.24) is 15.2 Å². The number of amides is 2. The minimum absolute atomic E-state index is 0.000920. The topological polar surface area (TPSA) is 54.5 Å². The molecule has 5 heteroatoms. The van der Waals surface area contributed by atoms with E-state index in [0.717, 1.165) is 18.6 Å². The van der Waals surface area contributed by atoms with E-state index in [1.165, 1.54) is 25.7 Å². The van der Waals surface area contributed by atoms with Crippen molar-refractivity contribution in [1.29, 1.82) is 0 Å². The Hall–Kier alpha value is -1.62. The van der Waals surface area contributed by atoms with Gasteiger partial charge < -0.3 is 15.0 Å². The van der Waals surface area contributed by atoms with E-state index in [-0.39, 0.29) is 23.5 Å². The molecule has 1 N–H and O–H groups in total. The summed E-state index contributed by atoms with van der Waals surface area (Å²) in [4.78, 5) is 18.6. The number of aromatic nitrogens is 1. The Bertz CT molecular complexity index is 557. The van der Waals surface area contributed by atoms with Crippen LogP contribution in [0.5, 0.6) is 0 Å². The minimum atomic E-state index is -0.00224. The van der Waals surface area contributed by atoms with Crippen molar-refractivity contribution in [2.45, 2.75) is 64.1 Å². The number of rotatable bonds is 5. The summed E-state index contributed by atoms with van der Waals surface area (Å²) in [5.74, 6) is 0. The number of hydrogen-bond donors (Lipinski definition) is 1. The molecule has 3 unspecified atom stereocenters. The van der Waals surface area contributed by atoms with Crippen LogP contribution in [0.4, 0.5) is 4.79 Å². The maximum absolute atomic E-state index is 12.7. The molecule has 0 radical (unpaired) electrons. The van der Waals surface area contributed by atoms with E-state index in [1.54, 1.807) is 11.1 Å². The average Bonchev–Trinajstić information content (AvgIpc) is 3.13. The fraction of sp³-hybridized carbons (Fsp3) is 0.684. The average molecular weight is 331 g/mol. The quantitative estimate of drug-likeness (QED) is 0.898. The zero-order valence-electron chi connectivity index (χ0n) is 15.0. The lowest BCUT2D eigenvalue weighted by molar-refractivity contribution is -0.127. The van der Waals surface area contributed by atoms with Crippen molar-refractivity contribution in [3.8, 4) is 0 Å². The van der Waals surface area contributed by atoms with Crippen LogP contribution in [0.3, 0.4) is 0 Å². The van der Waals surface area contributed by atoms with E-state index in [4.69, 9.17) is 4.74 Å². The highest BCUT2D eigenvalue weighted by atomic mass is 16.5. The third-order valence-electron chi connectivity index (χ3n) is 6.05. The number of ether oxygens (including phenoxy) is 1. The first-order valence-electron chi connectivity index (χ1n) is 9.13. The maximum atomic E-state index is 12.7. The molecular formula is C19H29N3O2. The first kappa shape index (κ1) is 17.2. The van der Waals surface area contributed by atoms with E-state index in [0.29, 0.717) is 6.10 Å². The van der Waals surface area contributed by atoms with E-state index in [1.807, 2.05) is 32.3 Å². The van der Waals surface area contributed by atoms with Crippen LogP contribution in [0.2, 0.25) is 0 Å². The first-order chi connectivity index (χ1) is 11.6. The second-order valence-corrected chi connectivity index (χ2v) is 7.20. The lowest BCUT2D eigenvalue weighted by atomic mass is 9.60. The molecule has 0 aliphatic heterocycles. The van der Waals surface area contributed by atoms with Gasteiger partial charge in [-0.3, -0.25) is 4.98 Å². The van der Waals surface area contributed by atoms with Crippen LogP contribution in [0.25, 0.3) is 0 Å². The van der Waals surface area contributed by atoms with Gasteiger partial charge in [0.25, 0.3) is 0 Å². The Morgan fingerprint density at radius 2 is 2.25 bits per heavy atom. The highest BCUT2D eigenvalue weighted by molar-refractivity contribution is 5.75. The number of nitrogens with one attached hydrogen (secondary N) is 1. The monoisotopic (exact) mass is 331 g/mol. The predicted molar refractivity (Wildman–Crippen MR) is 93.7 cm³/mol. The summed E-state index contributed by atoms with van der Waals surface area (Å²) in [7, 11) is 1.85. The third-order valence-corrected chi connectivity index (χ3v) is 6.05. The van der Waals surface area contributed by atoms with Gasteiger partial charge in [-0.15, -0.1) is 0 Å². The molecule has 2 fully saturated rings. The lowest BCUT2D eigenvalue weighted by Crippen LogP contribution is -2.64. The van der Waals surface area contributed by atoms with E-state index in [9.17, 15) is 4.79 Å². The molecule has 3 rings (SSSR count). The van der Waals surface area contributed by atoms with Crippen molar-refractivity contribution < 1.29 is 9.53 Å². The molecule has 0 aromatic carbocycles. The normalized spacial score (nSPS) is 26.0. The highest BCUT2D eigenvalue weighted by Gasteiger charge is 2.57. The number of carbonyl (C=O) groups excluding carboxylic acids is 1. The summed E-state index contributed by atoms with van der Waals surface area (Å²) in [6.45, 7) is 4.84. The number of hydrogen-bond acceptors (Lipinski definition) is 3. The van der Waals surface area contributed by atoms with Crippen molar-refractivity contribution in [2.75, 3.05) is 13.7 Å². The molecule has 2 aliphatic rings. The molecule has 132 valence electrons. The van der Waals surface area contributed by atoms with Crippen molar-refractivity contribution >= 4 is 6.03 Å². The van der Waals surface area contributed by atoms with Crippen LogP contribution in [-0.4, -0.2) is 41.7 Å². The molecular weight excluding hydrogens is 302 g/mol. The number of pyridine rings is 1. The zero-order valence-corrected chi connectivity index (χ0v) is 15.0. The van der Waals surface area contributed by atoms with E-state index in [2.05, 4.69) is 17.2 Å². The van der Waals surface area contributed by atoms with Gasteiger partial charge in [0, 0.05) is 37.5 Å². The largest absolute Gasteiger partial charge is 0.378 e. The van der Waals surface area contributed by atoms with Crippen LogP contribution in [0.1, 0.15) is 57.6 Å². The van der Waals surface area contributed by atoms with Gasteiger partial charge in [0.1, 0.15) is 0 Å². The second-order valence-electron chi connectivity index (χ2n) is 7.20. The molecule has 2 amide bonds. The van der Waals surface area contributed by atoms with Crippen molar-refractivity contribution in [2.24, 2.45) is 5.41 Å². The van der Waals surface area contributed by atoms with Gasteiger partial charge in [-0.1, -0.05) is 18.9 Å². The maximum Gasteiger partial charge on any atom is 0.317 e. The molecule has 5 nitrogen and oxygen atoms in total. The van der Waals surface area contributed by atoms with Crippen molar-refractivity contribution in [3.63, 3.8) is 0 Å². The molecule has 2 aliphatic carbocycles. The molecule has 0 saturated heterocycles. The van der Waals surface area contributed by atoms with E-state index >= 15 is 0 Å². The Kier molecular flexibility index (Phi) is 5.09. The van der Waals surface area contributed by atoms with Crippen LogP contribution >= 0.6 is 0 Å². The van der Waals surface area contributed by atoms with Gasteiger partial charge in [0.05, 0.1) is 12.1 Å². The van der Waals surface area contributed by atoms with Crippen molar-refractivity contribution in [3.05, 3.63) is 30.1 Å². The lowest BCUT2D eigenvalue weighted by Gasteiger charge is -2.54.